The number of fused-ring (bicyclic) bond motifs is 1. The van der Waals surface area contributed by atoms with Crippen LogP contribution in [0, 0.1) is 12.7 Å². The molecule has 1 aliphatic rings. The molecule has 31 heavy (non-hydrogen) atoms. The number of nitrogens with zero attached hydrogens (tertiary/aromatic N) is 3. The monoisotopic (exact) mass is 441 g/mol. The number of thiophene rings is 1. The van der Waals surface area contributed by atoms with Crippen LogP contribution in [0.2, 0.25) is 0 Å². The number of aromatic nitrogens is 1. The average Bonchev–Trinajstić information content (AvgIpc) is 2.94. The van der Waals surface area contributed by atoms with Crippen LogP contribution in [0.4, 0.5) is 10.2 Å². The number of ether oxygens (including phenoxy) is 1. The van der Waals surface area contributed by atoms with E-state index >= 15 is 0 Å². The Bertz CT molecular complexity index is 1110. The van der Waals surface area contributed by atoms with Gasteiger partial charge in [0.05, 0.1) is 17.0 Å². The van der Waals surface area contributed by atoms with Crippen molar-refractivity contribution in [3.8, 4) is 0 Å². The minimum Gasteiger partial charge on any atom is -0.462 e. The van der Waals surface area contributed by atoms with E-state index in [2.05, 4.69) is 9.88 Å². The van der Waals surface area contributed by atoms with Crippen molar-refractivity contribution in [2.75, 3.05) is 37.7 Å². The molecule has 1 aromatic carbocycles. The molecule has 3 aromatic rings. The molecule has 0 aliphatic carbocycles. The number of hydrogen-bond acceptors (Lipinski definition) is 6. The second-order valence-corrected chi connectivity index (χ2v) is 8.51. The van der Waals surface area contributed by atoms with Crippen LogP contribution in [0.5, 0.6) is 0 Å². The topological polar surface area (TPSA) is 62.7 Å². The number of aryl methyl sites for hydroxylation is 1. The van der Waals surface area contributed by atoms with Gasteiger partial charge in [-0.2, -0.15) is 0 Å². The highest BCUT2D eigenvalue weighted by Crippen LogP contribution is 2.32. The zero-order valence-corrected chi connectivity index (χ0v) is 18.4. The second kappa shape index (κ2) is 9.01. The molecule has 0 spiro atoms. The largest absolute Gasteiger partial charge is 0.462 e. The lowest BCUT2D eigenvalue weighted by atomic mass is 10.1. The van der Waals surface area contributed by atoms with Gasteiger partial charge in [0.15, 0.2) is 0 Å². The van der Waals surface area contributed by atoms with Crippen LogP contribution in [-0.2, 0) is 4.74 Å². The van der Waals surface area contributed by atoms with Crippen molar-refractivity contribution in [1.29, 1.82) is 0 Å². The van der Waals surface area contributed by atoms with Gasteiger partial charge in [0.1, 0.15) is 11.6 Å². The summed E-state index contributed by atoms with van der Waals surface area (Å²) in [5.41, 5.74) is 1.26. The number of hydrogen-bond donors (Lipinski definition) is 0. The number of amides is 1. The predicted octanol–water partition coefficient (Wildman–Crippen LogP) is 4.27. The van der Waals surface area contributed by atoms with Gasteiger partial charge in [-0.1, -0.05) is 0 Å². The fourth-order valence-corrected chi connectivity index (χ4v) is 4.96. The first kappa shape index (κ1) is 21.2. The standard InChI is InChI=1S/C23H24FN3O3S/c1-3-30-23(29)16-5-8-20(25-14-16)26-9-4-10-27(12-11-26)22(28)21-15(2)18-13-17(24)6-7-19(18)31-21/h5-8,13-14H,3-4,9-12H2,1-2H3. The zero-order valence-electron chi connectivity index (χ0n) is 17.6. The smallest absolute Gasteiger partial charge is 0.339 e. The number of rotatable bonds is 4. The summed E-state index contributed by atoms with van der Waals surface area (Å²) in [6.07, 6.45) is 2.34. The van der Waals surface area contributed by atoms with Crippen LogP contribution in [0.15, 0.2) is 36.5 Å². The van der Waals surface area contributed by atoms with Crippen molar-refractivity contribution in [3.05, 3.63) is 58.3 Å². The van der Waals surface area contributed by atoms with E-state index in [9.17, 15) is 14.0 Å². The SMILES string of the molecule is CCOC(=O)c1ccc(N2CCCN(C(=O)c3sc4ccc(F)cc4c3C)CC2)nc1. The lowest BCUT2D eigenvalue weighted by Gasteiger charge is -2.23. The first-order valence-corrected chi connectivity index (χ1v) is 11.2. The molecule has 3 heterocycles. The molecule has 1 amide bonds. The van der Waals surface area contributed by atoms with Crippen LogP contribution >= 0.6 is 11.3 Å². The van der Waals surface area contributed by atoms with Crippen LogP contribution in [0.1, 0.15) is 38.9 Å². The minimum atomic E-state index is -0.382. The first-order valence-electron chi connectivity index (χ1n) is 10.3. The van der Waals surface area contributed by atoms with Crippen LogP contribution in [0.3, 0.4) is 0 Å². The molecule has 1 saturated heterocycles. The molecule has 0 atom stereocenters. The van der Waals surface area contributed by atoms with E-state index in [1.54, 1.807) is 19.1 Å². The van der Waals surface area contributed by atoms with E-state index < -0.39 is 0 Å². The Balaban J connectivity index is 1.46. The third kappa shape index (κ3) is 4.39. The highest BCUT2D eigenvalue weighted by Gasteiger charge is 2.24. The van der Waals surface area contributed by atoms with Crippen LogP contribution in [0.25, 0.3) is 10.1 Å². The summed E-state index contributed by atoms with van der Waals surface area (Å²) in [5, 5.41) is 0.802. The maximum absolute atomic E-state index is 13.6. The van der Waals surface area contributed by atoms with Gasteiger partial charge in [0.25, 0.3) is 5.91 Å². The van der Waals surface area contributed by atoms with Gasteiger partial charge in [0, 0.05) is 37.1 Å². The Kier molecular flexibility index (Phi) is 6.18. The van der Waals surface area contributed by atoms with Crippen molar-refractivity contribution in [3.63, 3.8) is 0 Å². The summed E-state index contributed by atoms with van der Waals surface area (Å²) in [4.78, 5) is 34.1. The average molecular weight is 442 g/mol. The summed E-state index contributed by atoms with van der Waals surface area (Å²) in [5.74, 6) is 0.0921. The van der Waals surface area contributed by atoms with Crippen molar-refractivity contribution in [2.24, 2.45) is 0 Å². The Morgan fingerprint density at radius 3 is 2.74 bits per heavy atom. The Hall–Kier alpha value is -3.00. The van der Waals surface area contributed by atoms with Gasteiger partial charge in [-0.05, 0) is 61.5 Å². The summed E-state index contributed by atoms with van der Waals surface area (Å²) >= 11 is 1.42. The van der Waals surface area contributed by atoms with Crippen LogP contribution in [-0.4, -0.2) is 54.5 Å². The van der Waals surface area contributed by atoms with Gasteiger partial charge in [0.2, 0.25) is 0 Å². The molecule has 0 N–H and O–H groups in total. The maximum Gasteiger partial charge on any atom is 0.339 e. The van der Waals surface area contributed by atoms with E-state index in [1.807, 2.05) is 17.9 Å². The number of carbonyl (C=O) groups excluding carboxylic acids is 2. The number of halogens is 1. The third-order valence-corrected chi connectivity index (χ3v) is 6.72. The lowest BCUT2D eigenvalue weighted by Crippen LogP contribution is -2.35. The van der Waals surface area contributed by atoms with Gasteiger partial charge in [-0.25, -0.2) is 14.2 Å². The van der Waals surface area contributed by atoms with Crippen molar-refractivity contribution < 1.29 is 18.7 Å². The van der Waals surface area contributed by atoms with Gasteiger partial charge >= 0.3 is 5.97 Å². The predicted molar refractivity (Wildman–Crippen MR) is 119 cm³/mol. The highest BCUT2D eigenvalue weighted by atomic mass is 32.1. The van der Waals surface area contributed by atoms with E-state index in [-0.39, 0.29) is 17.7 Å². The fourth-order valence-electron chi connectivity index (χ4n) is 3.80. The molecular weight excluding hydrogens is 417 g/mol. The Morgan fingerprint density at radius 1 is 1.16 bits per heavy atom. The second-order valence-electron chi connectivity index (χ2n) is 7.46. The molecule has 2 aromatic heterocycles. The van der Waals surface area contributed by atoms with Crippen LogP contribution < -0.4 is 4.90 Å². The molecule has 0 bridgehead atoms. The quantitative estimate of drug-likeness (QED) is 0.566. The summed E-state index contributed by atoms with van der Waals surface area (Å²) < 4.78 is 19.5. The zero-order chi connectivity index (χ0) is 22.0. The van der Waals surface area contributed by atoms with E-state index in [1.165, 1.54) is 29.7 Å². The van der Waals surface area contributed by atoms with Gasteiger partial charge in [-0.3, -0.25) is 4.79 Å². The van der Waals surface area contributed by atoms with E-state index in [0.717, 1.165) is 34.4 Å². The normalized spacial score (nSPS) is 14.5. The molecule has 6 nitrogen and oxygen atoms in total. The first-order chi connectivity index (χ1) is 15.0. The summed E-state index contributed by atoms with van der Waals surface area (Å²) in [6, 6.07) is 8.18. The minimum absolute atomic E-state index is 0.00780. The fraction of sp³-hybridized carbons (Fsp3) is 0.348. The Labute approximate surface area is 184 Å². The molecule has 8 heteroatoms. The van der Waals surface area contributed by atoms with E-state index in [0.29, 0.717) is 36.7 Å². The van der Waals surface area contributed by atoms with Gasteiger partial charge < -0.3 is 14.5 Å². The van der Waals surface area contributed by atoms with E-state index in [4.69, 9.17) is 4.74 Å². The number of carbonyl (C=O) groups is 2. The molecule has 1 aliphatic heterocycles. The molecule has 162 valence electrons. The number of esters is 1. The molecule has 1 fully saturated rings. The number of pyridine rings is 1. The molecule has 0 saturated carbocycles. The lowest BCUT2D eigenvalue weighted by molar-refractivity contribution is 0.0525. The summed E-state index contributed by atoms with van der Waals surface area (Å²) in [7, 11) is 0. The molecule has 0 radical (unpaired) electrons. The molecular formula is C23H24FN3O3S. The summed E-state index contributed by atoms with van der Waals surface area (Å²) in [6.45, 7) is 6.61. The number of benzene rings is 1. The van der Waals surface area contributed by atoms with Crippen molar-refractivity contribution in [1.82, 2.24) is 9.88 Å². The number of anilines is 1. The molecule has 4 rings (SSSR count). The molecule has 0 unspecified atom stereocenters. The Morgan fingerprint density at radius 2 is 2.00 bits per heavy atom. The van der Waals surface area contributed by atoms with Gasteiger partial charge in [-0.15, -0.1) is 11.3 Å². The van der Waals surface area contributed by atoms with Crippen molar-refractivity contribution in [2.45, 2.75) is 20.3 Å². The highest BCUT2D eigenvalue weighted by molar-refractivity contribution is 7.21. The maximum atomic E-state index is 13.6. The third-order valence-electron chi connectivity index (χ3n) is 5.46. The van der Waals surface area contributed by atoms with Crippen molar-refractivity contribution >= 4 is 39.1 Å².